The smallest absolute Gasteiger partial charge is 0.215 e. The van der Waals surface area contributed by atoms with Crippen molar-refractivity contribution < 1.29 is 0 Å². The molecular weight excluding hydrogens is 200 g/mol. The van der Waals surface area contributed by atoms with E-state index in [4.69, 9.17) is 5.73 Å². The summed E-state index contributed by atoms with van der Waals surface area (Å²) in [6.07, 6.45) is 1.68. The molecule has 7 heteroatoms. The fourth-order valence-corrected chi connectivity index (χ4v) is 1.60. The molecule has 0 saturated carbocycles. The number of nitrogens with two attached hydrogens (primary N) is 1. The monoisotopic (exact) mass is 208 g/mol. The molecule has 0 amide bonds. The molecule has 0 spiro atoms. The summed E-state index contributed by atoms with van der Waals surface area (Å²) in [6, 6.07) is 3.58. The second-order valence-electron chi connectivity index (χ2n) is 2.58. The highest BCUT2D eigenvalue weighted by atomic mass is 32.2. The minimum Gasteiger partial charge on any atom is -0.397 e. The zero-order valence-corrected chi connectivity index (χ0v) is 8.27. The van der Waals surface area contributed by atoms with E-state index in [1.165, 1.54) is 11.8 Å². The third-order valence-electron chi connectivity index (χ3n) is 1.57. The molecule has 0 aliphatic carbocycles. The largest absolute Gasteiger partial charge is 0.397 e. The van der Waals surface area contributed by atoms with E-state index < -0.39 is 0 Å². The van der Waals surface area contributed by atoms with Gasteiger partial charge in [0.15, 0.2) is 0 Å². The van der Waals surface area contributed by atoms with E-state index in [-0.39, 0.29) is 0 Å². The second-order valence-corrected chi connectivity index (χ2v) is 3.54. The molecule has 0 fully saturated rings. The number of hydrogen-bond acceptors (Lipinski definition) is 6. The van der Waals surface area contributed by atoms with Crippen LogP contribution in [0.1, 0.15) is 0 Å². The summed E-state index contributed by atoms with van der Waals surface area (Å²) in [7, 11) is 1.77. The Kier molecular flexibility index (Phi) is 2.32. The number of rotatable bonds is 2. The normalized spacial score (nSPS) is 10.4. The Morgan fingerprint density at radius 3 is 3.00 bits per heavy atom. The molecule has 2 N–H and O–H groups in total. The maximum absolute atomic E-state index is 5.73. The Morgan fingerprint density at radius 2 is 2.36 bits per heavy atom. The van der Waals surface area contributed by atoms with Crippen LogP contribution in [0.5, 0.6) is 0 Å². The summed E-state index contributed by atoms with van der Waals surface area (Å²) in [5, 5.41) is 12.4. The Hall–Kier alpha value is -1.63. The third kappa shape index (κ3) is 1.67. The number of aromatic nitrogens is 5. The Labute approximate surface area is 84.5 Å². The quantitative estimate of drug-likeness (QED) is 0.766. The molecule has 0 atom stereocenters. The number of tetrazole rings is 1. The number of hydrogen-bond donors (Lipinski definition) is 1. The first-order valence-electron chi connectivity index (χ1n) is 3.88. The lowest BCUT2D eigenvalue weighted by Crippen LogP contribution is -1.95. The summed E-state index contributed by atoms with van der Waals surface area (Å²) in [5.74, 6) is 0. The molecule has 2 rings (SSSR count). The first-order chi connectivity index (χ1) is 6.77. The molecule has 0 unspecified atom stereocenters. The SMILES string of the molecule is Cn1nnnc1Sc1ncccc1N. The van der Waals surface area contributed by atoms with Crippen LogP contribution in [0.15, 0.2) is 28.5 Å². The molecular formula is C7H8N6S. The molecule has 2 aromatic heterocycles. The minimum atomic E-state index is 0.625. The van der Waals surface area contributed by atoms with E-state index in [1.807, 2.05) is 0 Å². The number of nitrogen functional groups attached to an aromatic ring is 1. The lowest BCUT2D eigenvalue weighted by atomic mass is 10.4. The fraction of sp³-hybridized carbons (Fsp3) is 0.143. The molecule has 0 radical (unpaired) electrons. The highest BCUT2D eigenvalue weighted by Crippen LogP contribution is 2.26. The summed E-state index contributed by atoms with van der Waals surface area (Å²) in [5.41, 5.74) is 6.35. The first kappa shape index (κ1) is 8.95. The molecule has 0 bridgehead atoms. The molecule has 0 saturated heterocycles. The van der Waals surface area contributed by atoms with Crippen molar-refractivity contribution >= 4 is 17.4 Å². The van der Waals surface area contributed by atoms with Crippen molar-refractivity contribution in [2.75, 3.05) is 5.73 Å². The van der Waals surface area contributed by atoms with Crippen LogP contribution in [0.3, 0.4) is 0 Å². The Bertz CT molecular complexity index is 439. The molecule has 6 nitrogen and oxygen atoms in total. The number of aryl methyl sites for hydroxylation is 1. The molecule has 72 valence electrons. The summed E-state index contributed by atoms with van der Waals surface area (Å²) < 4.78 is 1.57. The maximum Gasteiger partial charge on any atom is 0.215 e. The van der Waals surface area contributed by atoms with Crippen molar-refractivity contribution in [1.29, 1.82) is 0 Å². The predicted octanol–water partition coefficient (Wildman–Crippen LogP) is 0.339. The van der Waals surface area contributed by atoms with E-state index in [0.717, 1.165) is 0 Å². The van der Waals surface area contributed by atoms with Gasteiger partial charge >= 0.3 is 0 Å². The fourth-order valence-electron chi connectivity index (χ4n) is 0.883. The van der Waals surface area contributed by atoms with Gasteiger partial charge in [0, 0.05) is 13.2 Å². The van der Waals surface area contributed by atoms with E-state index in [9.17, 15) is 0 Å². The van der Waals surface area contributed by atoms with Gasteiger partial charge in [-0.2, -0.15) is 0 Å². The van der Waals surface area contributed by atoms with Crippen molar-refractivity contribution in [3.8, 4) is 0 Å². The minimum absolute atomic E-state index is 0.625. The summed E-state index contributed by atoms with van der Waals surface area (Å²) in [6.45, 7) is 0. The highest BCUT2D eigenvalue weighted by molar-refractivity contribution is 7.99. The van der Waals surface area contributed by atoms with Gasteiger partial charge in [0.05, 0.1) is 5.69 Å². The van der Waals surface area contributed by atoms with Crippen LogP contribution in [0, 0.1) is 0 Å². The average molecular weight is 208 g/mol. The zero-order valence-electron chi connectivity index (χ0n) is 7.45. The van der Waals surface area contributed by atoms with E-state index in [2.05, 4.69) is 20.5 Å². The van der Waals surface area contributed by atoms with Crippen LogP contribution in [-0.4, -0.2) is 25.2 Å². The predicted molar refractivity (Wildman–Crippen MR) is 51.6 cm³/mol. The number of anilines is 1. The van der Waals surface area contributed by atoms with Crippen molar-refractivity contribution in [2.45, 2.75) is 10.2 Å². The standard InChI is InChI=1S/C7H8N6S/c1-13-7(10-11-12-13)14-6-5(8)3-2-4-9-6/h2-4H,8H2,1H3. The lowest BCUT2D eigenvalue weighted by Gasteiger charge is -2.00. The Morgan fingerprint density at radius 1 is 1.50 bits per heavy atom. The molecule has 0 aromatic carbocycles. The maximum atomic E-state index is 5.73. The van der Waals surface area contributed by atoms with E-state index in [0.29, 0.717) is 15.9 Å². The highest BCUT2D eigenvalue weighted by Gasteiger charge is 2.07. The third-order valence-corrected chi connectivity index (χ3v) is 2.63. The van der Waals surface area contributed by atoms with Crippen molar-refractivity contribution in [2.24, 2.45) is 7.05 Å². The molecule has 2 aromatic rings. The van der Waals surface area contributed by atoms with Gasteiger partial charge in [-0.15, -0.1) is 5.10 Å². The molecule has 0 aliphatic rings. The zero-order chi connectivity index (χ0) is 9.97. The van der Waals surface area contributed by atoms with Gasteiger partial charge in [0.1, 0.15) is 5.03 Å². The van der Waals surface area contributed by atoms with E-state index >= 15 is 0 Å². The summed E-state index contributed by atoms with van der Waals surface area (Å²) >= 11 is 1.34. The summed E-state index contributed by atoms with van der Waals surface area (Å²) in [4.78, 5) is 4.12. The molecule has 2 heterocycles. The molecule has 0 aliphatic heterocycles. The van der Waals surface area contributed by atoms with Gasteiger partial charge in [-0.25, -0.2) is 9.67 Å². The second kappa shape index (κ2) is 3.62. The topological polar surface area (TPSA) is 82.5 Å². The van der Waals surface area contributed by atoms with Crippen LogP contribution < -0.4 is 5.73 Å². The molecule has 14 heavy (non-hydrogen) atoms. The van der Waals surface area contributed by atoms with Gasteiger partial charge in [-0.1, -0.05) is 0 Å². The van der Waals surface area contributed by atoms with Crippen LogP contribution in [-0.2, 0) is 7.05 Å². The van der Waals surface area contributed by atoms with Crippen molar-refractivity contribution in [3.63, 3.8) is 0 Å². The van der Waals surface area contributed by atoms with Gasteiger partial charge in [0.2, 0.25) is 5.16 Å². The van der Waals surface area contributed by atoms with Crippen molar-refractivity contribution in [1.82, 2.24) is 25.2 Å². The average Bonchev–Trinajstić information content (AvgIpc) is 2.56. The van der Waals surface area contributed by atoms with Crippen molar-refractivity contribution in [3.05, 3.63) is 18.3 Å². The van der Waals surface area contributed by atoms with Crippen LogP contribution in [0.4, 0.5) is 5.69 Å². The van der Waals surface area contributed by atoms with Gasteiger partial charge in [-0.05, 0) is 34.3 Å². The number of pyridine rings is 1. The van der Waals surface area contributed by atoms with Gasteiger partial charge in [0.25, 0.3) is 0 Å². The van der Waals surface area contributed by atoms with Crippen LogP contribution in [0.2, 0.25) is 0 Å². The Balaban J connectivity index is 2.28. The van der Waals surface area contributed by atoms with Gasteiger partial charge < -0.3 is 5.73 Å². The van der Waals surface area contributed by atoms with Gasteiger partial charge in [-0.3, -0.25) is 0 Å². The number of nitrogens with zero attached hydrogens (tertiary/aromatic N) is 5. The van der Waals surface area contributed by atoms with E-state index in [1.54, 1.807) is 30.1 Å². The van der Waals surface area contributed by atoms with Crippen LogP contribution in [0.25, 0.3) is 0 Å². The first-order valence-corrected chi connectivity index (χ1v) is 4.69. The lowest BCUT2D eigenvalue weighted by molar-refractivity contribution is 0.664. The van der Waals surface area contributed by atoms with Crippen LogP contribution >= 0.6 is 11.8 Å².